The Morgan fingerprint density at radius 1 is 1.11 bits per heavy atom. The fourth-order valence-electron chi connectivity index (χ4n) is 1.60. The van der Waals surface area contributed by atoms with Crippen LogP contribution in [0, 0.1) is 0 Å². The number of rotatable bonds is 4. The van der Waals surface area contributed by atoms with E-state index in [0.29, 0.717) is 22.9 Å². The van der Waals surface area contributed by atoms with Crippen LogP contribution in [0.4, 0.5) is 0 Å². The molecule has 0 aliphatic carbocycles. The van der Waals surface area contributed by atoms with Crippen molar-refractivity contribution < 1.29 is 4.74 Å². The van der Waals surface area contributed by atoms with Crippen LogP contribution in [0.3, 0.4) is 0 Å². The summed E-state index contributed by atoms with van der Waals surface area (Å²) in [6.07, 6.45) is 0. The van der Waals surface area contributed by atoms with Gasteiger partial charge in [0.1, 0.15) is 17.3 Å². The van der Waals surface area contributed by atoms with E-state index < -0.39 is 0 Å². The normalized spacial score (nSPS) is 10.1. The summed E-state index contributed by atoms with van der Waals surface area (Å²) in [6.45, 7) is 0.455. The maximum absolute atomic E-state index is 6.06. The number of benzene rings is 2. The smallest absolute Gasteiger partial charge is 0.131 e. The molecule has 92 valence electrons. The summed E-state index contributed by atoms with van der Waals surface area (Å²) in [7, 11) is 0. The van der Waals surface area contributed by atoms with Gasteiger partial charge in [-0.25, -0.2) is 0 Å². The molecule has 0 aliphatic heterocycles. The van der Waals surface area contributed by atoms with Crippen molar-refractivity contribution in [2.75, 3.05) is 0 Å². The predicted molar refractivity (Wildman–Crippen MR) is 78.1 cm³/mol. The largest absolute Gasteiger partial charge is 0.488 e. The molecule has 0 saturated heterocycles. The van der Waals surface area contributed by atoms with Crippen molar-refractivity contribution >= 4 is 28.8 Å². The van der Waals surface area contributed by atoms with Gasteiger partial charge in [-0.3, -0.25) is 0 Å². The van der Waals surface area contributed by atoms with Crippen molar-refractivity contribution in [3.8, 4) is 5.75 Å². The Balaban J connectivity index is 2.20. The van der Waals surface area contributed by atoms with Gasteiger partial charge in [0.25, 0.3) is 0 Å². The molecule has 0 heterocycles. The summed E-state index contributed by atoms with van der Waals surface area (Å²) in [5.41, 5.74) is 7.31. The zero-order valence-corrected chi connectivity index (χ0v) is 11.2. The molecule has 4 heteroatoms. The molecule has 2 aromatic rings. The van der Waals surface area contributed by atoms with Gasteiger partial charge >= 0.3 is 0 Å². The number of hydrogen-bond acceptors (Lipinski definition) is 2. The van der Waals surface area contributed by atoms with Gasteiger partial charge in [0, 0.05) is 0 Å². The van der Waals surface area contributed by atoms with Crippen LogP contribution in [0.2, 0.25) is 5.02 Å². The highest BCUT2D eigenvalue weighted by molar-refractivity contribution is 7.80. The minimum absolute atomic E-state index is 0.240. The molecule has 0 spiro atoms. The average molecular weight is 278 g/mol. The second-order valence-corrected chi connectivity index (χ2v) is 4.60. The fraction of sp³-hybridized carbons (Fsp3) is 0.0714. The van der Waals surface area contributed by atoms with E-state index in [0.717, 1.165) is 5.56 Å². The van der Waals surface area contributed by atoms with Crippen LogP contribution in [-0.2, 0) is 6.61 Å². The lowest BCUT2D eigenvalue weighted by atomic mass is 10.2. The Morgan fingerprint density at radius 2 is 1.83 bits per heavy atom. The zero-order valence-electron chi connectivity index (χ0n) is 9.60. The fourth-order valence-corrected chi connectivity index (χ4v) is 2.13. The summed E-state index contributed by atoms with van der Waals surface area (Å²) < 4.78 is 5.71. The summed E-state index contributed by atoms with van der Waals surface area (Å²) >= 11 is 11.0. The molecule has 2 rings (SSSR count). The van der Waals surface area contributed by atoms with Crippen LogP contribution in [0.25, 0.3) is 0 Å². The molecule has 18 heavy (non-hydrogen) atoms. The van der Waals surface area contributed by atoms with Gasteiger partial charge in [0.15, 0.2) is 0 Å². The maximum Gasteiger partial charge on any atom is 0.131 e. The average Bonchev–Trinajstić information content (AvgIpc) is 2.37. The third-order valence-electron chi connectivity index (χ3n) is 2.46. The molecular formula is C14H12ClNOS. The lowest BCUT2D eigenvalue weighted by molar-refractivity contribution is 0.305. The van der Waals surface area contributed by atoms with Gasteiger partial charge in [-0.2, -0.15) is 0 Å². The molecule has 0 saturated carbocycles. The van der Waals surface area contributed by atoms with E-state index in [4.69, 9.17) is 34.3 Å². The van der Waals surface area contributed by atoms with Crippen molar-refractivity contribution in [1.82, 2.24) is 0 Å². The highest BCUT2D eigenvalue weighted by Crippen LogP contribution is 2.26. The lowest BCUT2D eigenvalue weighted by Crippen LogP contribution is -2.12. The monoisotopic (exact) mass is 277 g/mol. The van der Waals surface area contributed by atoms with E-state index in [1.807, 2.05) is 42.5 Å². The van der Waals surface area contributed by atoms with Crippen LogP contribution in [0.1, 0.15) is 11.1 Å². The van der Waals surface area contributed by atoms with Crippen molar-refractivity contribution in [3.63, 3.8) is 0 Å². The first-order valence-electron chi connectivity index (χ1n) is 5.43. The van der Waals surface area contributed by atoms with Crippen molar-refractivity contribution in [3.05, 3.63) is 64.7 Å². The highest BCUT2D eigenvalue weighted by Gasteiger charge is 2.10. The molecule has 0 fully saturated rings. The van der Waals surface area contributed by atoms with Crippen LogP contribution in [-0.4, -0.2) is 4.99 Å². The second-order valence-electron chi connectivity index (χ2n) is 3.75. The van der Waals surface area contributed by atoms with Crippen molar-refractivity contribution in [2.45, 2.75) is 6.61 Å². The SMILES string of the molecule is NC(=S)c1c(Cl)cccc1OCc1ccccc1. The third kappa shape index (κ3) is 3.00. The second kappa shape index (κ2) is 5.85. The highest BCUT2D eigenvalue weighted by atomic mass is 35.5. The van der Waals surface area contributed by atoms with Crippen LogP contribution >= 0.6 is 23.8 Å². The summed E-state index contributed by atoms with van der Waals surface area (Å²) in [4.78, 5) is 0.240. The van der Waals surface area contributed by atoms with Gasteiger partial charge in [-0.1, -0.05) is 60.2 Å². The van der Waals surface area contributed by atoms with Crippen LogP contribution < -0.4 is 10.5 Å². The Labute approximate surface area is 116 Å². The van der Waals surface area contributed by atoms with E-state index in [9.17, 15) is 0 Å². The van der Waals surface area contributed by atoms with E-state index >= 15 is 0 Å². The molecule has 0 amide bonds. The van der Waals surface area contributed by atoms with Crippen LogP contribution in [0.15, 0.2) is 48.5 Å². The molecule has 0 radical (unpaired) electrons. The van der Waals surface area contributed by atoms with E-state index in [1.54, 1.807) is 6.07 Å². The molecule has 0 aliphatic rings. The van der Waals surface area contributed by atoms with Gasteiger partial charge < -0.3 is 10.5 Å². The van der Waals surface area contributed by atoms with E-state index in [1.165, 1.54) is 0 Å². The Morgan fingerprint density at radius 3 is 2.50 bits per heavy atom. The van der Waals surface area contributed by atoms with Crippen molar-refractivity contribution in [1.29, 1.82) is 0 Å². The number of nitrogens with two attached hydrogens (primary N) is 1. The van der Waals surface area contributed by atoms with E-state index in [2.05, 4.69) is 0 Å². The zero-order chi connectivity index (χ0) is 13.0. The summed E-state index contributed by atoms with van der Waals surface area (Å²) in [6, 6.07) is 15.2. The Kier molecular flexibility index (Phi) is 4.18. The molecule has 2 nitrogen and oxygen atoms in total. The van der Waals surface area contributed by atoms with Crippen LogP contribution in [0.5, 0.6) is 5.75 Å². The number of halogens is 1. The molecule has 0 bridgehead atoms. The Hall–Kier alpha value is -1.58. The molecule has 2 N–H and O–H groups in total. The number of thiocarbonyl (C=S) groups is 1. The predicted octanol–water partition coefficient (Wildman–Crippen LogP) is 3.55. The third-order valence-corrected chi connectivity index (χ3v) is 2.98. The standard InChI is InChI=1S/C14H12ClNOS/c15-11-7-4-8-12(13(11)14(16)18)17-9-10-5-2-1-3-6-10/h1-8H,9H2,(H2,16,18). The first-order valence-corrected chi connectivity index (χ1v) is 6.22. The van der Waals surface area contributed by atoms with Gasteiger partial charge in [0.05, 0.1) is 10.6 Å². The van der Waals surface area contributed by atoms with Crippen molar-refractivity contribution in [2.24, 2.45) is 5.73 Å². The summed E-state index contributed by atoms with van der Waals surface area (Å²) in [5, 5.41) is 0.507. The Bertz CT molecular complexity index is 557. The van der Waals surface area contributed by atoms with Gasteiger partial charge in [0.2, 0.25) is 0 Å². The minimum Gasteiger partial charge on any atom is -0.488 e. The van der Waals surface area contributed by atoms with E-state index in [-0.39, 0.29) is 4.99 Å². The van der Waals surface area contributed by atoms with Gasteiger partial charge in [-0.15, -0.1) is 0 Å². The first kappa shape index (κ1) is 12.9. The minimum atomic E-state index is 0.240. The molecule has 0 aromatic heterocycles. The molecule has 2 aromatic carbocycles. The first-order chi connectivity index (χ1) is 8.68. The maximum atomic E-state index is 6.06. The number of ether oxygens (including phenoxy) is 1. The lowest BCUT2D eigenvalue weighted by Gasteiger charge is -2.11. The topological polar surface area (TPSA) is 35.2 Å². The number of hydrogen-bond donors (Lipinski definition) is 1. The molecule has 0 atom stereocenters. The molecule has 0 unspecified atom stereocenters. The summed E-state index contributed by atoms with van der Waals surface area (Å²) in [5.74, 6) is 0.610. The molecular weight excluding hydrogens is 266 g/mol. The van der Waals surface area contributed by atoms with Gasteiger partial charge in [-0.05, 0) is 17.7 Å². The quantitative estimate of drug-likeness (QED) is 0.868.